The molecule has 0 fully saturated rings. The van der Waals surface area contributed by atoms with E-state index in [2.05, 4.69) is 4.58 Å². The van der Waals surface area contributed by atoms with E-state index in [0.29, 0.717) is 13.0 Å². The van der Waals surface area contributed by atoms with E-state index in [9.17, 15) is 10.4 Å². The molecule has 0 saturated heterocycles. The highest BCUT2D eigenvalue weighted by molar-refractivity contribution is 5.70. The van der Waals surface area contributed by atoms with Gasteiger partial charge in [0.05, 0.1) is 6.10 Å². The molecule has 13 heavy (non-hydrogen) atoms. The van der Waals surface area contributed by atoms with E-state index in [1.54, 1.807) is 6.92 Å². The first kappa shape index (κ1) is 12.2. The molecule has 0 aromatic rings. The van der Waals surface area contributed by atoms with Gasteiger partial charge in [0.25, 0.3) is 0 Å². The molecule has 0 spiro atoms. The fourth-order valence-electron chi connectivity index (χ4n) is 1.01. The fraction of sp³-hybridized carbons (Fsp3) is 0.889. The topological polar surface area (TPSA) is 63.8 Å². The Hall–Kier alpha value is -0.770. The number of hydrogen-bond acceptors (Lipinski definition) is 3. The molecule has 0 aliphatic heterocycles. The molecule has 78 valence electrons. The average molecular weight is 190 g/mol. The molecule has 0 rings (SSSR count). The van der Waals surface area contributed by atoms with Crippen LogP contribution in [0.3, 0.4) is 0 Å². The van der Waals surface area contributed by atoms with E-state index in [0.717, 1.165) is 12.8 Å². The summed E-state index contributed by atoms with van der Waals surface area (Å²) in [6.45, 7) is 4.19. The van der Waals surface area contributed by atoms with Gasteiger partial charge in [-0.3, -0.25) is 4.58 Å². The molecule has 1 N–H and O–H groups in total. The molecule has 0 saturated carbocycles. The largest absolute Gasteiger partial charge is 0.588 e. The third kappa shape index (κ3) is 6.40. The lowest BCUT2D eigenvalue weighted by Crippen LogP contribution is -2.20. The molecule has 0 aromatic carbocycles. The summed E-state index contributed by atoms with van der Waals surface area (Å²) in [5.74, 6) is -0.0221. The van der Waals surface area contributed by atoms with Crippen LogP contribution in [0.4, 0.5) is 0 Å². The maximum atomic E-state index is 10.1. The van der Waals surface area contributed by atoms with E-state index in [1.165, 1.54) is 0 Å². The van der Waals surface area contributed by atoms with Gasteiger partial charge in [0, 0.05) is 0 Å². The molecule has 1 unspecified atom stereocenters. The van der Waals surface area contributed by atoms with Crippen molar-refractivity contribution in [3.63, 3.8) is 0 Å². The Morgan fingerprint density at radius 1 is 1.54 bits per heavy atom. The second kappa shape index (κ2) is 7.86. The van der Waals surface area contributed by atoms with E-state index in [-0.39, 0.29) is 12.4 Å². The number of esters is 1. The molecule has 0 bridgehead atoms. The normalized spacial score (nSPS) is 14.2. The van der Waals surface area contributed by atoms with Crippen LogP contribution in [0.15, 0.2) is 0 Å². The van der Waals surface area contributed by atoms with Crippen LogP contribution >= 0.6 is 0 Å². The van der Waals surface area contributed by atoms with E-state index in [4.69, 9.17) is 4.74 Å². The molecule has 0 radical (unpaired) electrons. The van der Waals surface area contributed by atoms with Gasteiger partial charge in [0.15, 0.2) is 6.61 Å². The Kier molecular flexibility index (Phi) is 7.39. The van der Waals surface area contributed by atoms with Crippen LogP contribution < -0.4 is 5.26 Å². The van der Waals surface area contributed by atoms with Gasteiger partial charge in [-0.15, -0.1) is 0 Å². The molecular weight excluding hydrogens is 172 g/mol. The quantitative estimate of drug-likeness (QED) is 0.283. The Balaban J connectivity index is 3.67. The van der Waals surface area contributed by atoms with Crippen molar-refractivity contribution in [1.82, 2.24) is 0 Å². The van der Waals surface area contributed by atoms with Gasteiger partial charge in [-0.05, 0) is 13.3 Å². The Labute approximate surface area is 78.8 Å². The molecule has 0 aliphatic carbocycles. The third-order valence-electron chi connectivity index (χ3n) is 1.69. The highest BCUT2D eigenvalue weighted by Gasteiger charge is 2.18. The van der Waals surface area contributed by atoms with Crippen molar-refractivity contribution in [3.8, 4) is 0 Å². The molecule has 0 amide bonds. The number of aliphatic hydroxyl groups excluding tert-OH is 1. The van der Waals surface area contributed by atoms with Crippen LogP contribution in [0, 0.1) is 0 Å². The molecule has 0 heterocycles. The number of carbonyl (C=O) groups excluding carboxylic acids is 1. The molecule has 0 aromatic heterocycles. The van der Waals surface area contributed by atoms with Crippen molar-refractivity contribution in [1.29, 1.82) is 0 Å². The Bertz CT molecular complexity index is 145. The van der Waals surface area contributed by atoms with Crippen molar-refractivity contribution in [2.24, 2.45) is 0 Å². The first-order chi connectivity index (χ1) is 6.24. The van der Waals surface area contributed by atoms with E-state index in [1.807, 2.05) is 6.92 Å². The highest BCUT2D eigenvalue weighted by atomic mass is 17.1. The van der Waals surface area contributed by atoms with Crippen molar-refractivity contribution < 1.29 is 19.7 Å². The fourth-order valence-corrected chi connectivity index (χ4v) is 1.01. The number of hydrogen-bond donors (Lipinski definition) is 1. The second-order valence-electron chi connectivity index (χ2n) is 2.89. The maximum absolute atomic E-state index is 10.1. The van der Waals surface area contributed by atoms with Crippen LogP contribution in [-0.2, 0) is 9.31 Å². The van der Waals surface area contributed by atoms with Crippen LogP contribution in [0.1, 0.15) is 39.5 Å². The minimum absolute atomic E-state index is 0.0221. The molecule has 4 nitrogen and oxygen atoms in total. The highest BCUT2D eigenvalue weighted by Crippen LogP contribution is 2.05. The molecular formula is C9H18O4. The SMILES string of the molecule is CCCCC(O)CC(OCC)=[O+][O-]. The first-order valence-electron chi connectivity index (χ1n) is 4.71. The summed E-state index contributed by atoms with van der Waals surface area (Å²) in [5, 5.41) is 19.4. The summed E-state index contributed by atoms with van der Waals surface area (Å²) >= 11 is 0. The first-order valence-corrected chi connectivity index (χ1v) is 4.71. The van der Waals surface area contributed by atoms with Crippen molar-refractivity contribution in [3.05, 3.63) is 0 Å². The average Bonchev–Trinajstić information content (AvgIpc) is 2.14. The molecule has 1 atom stereocenters. The smallest absolute Gasteiger partial charge is 0.499 e. The standard InChI is InChI=1S/C9H18O4/c1-3-5-6-8(10)7-9(13-11)12-4-2/h8,10H,3-7H2,1-2H3. The summed E-state index contributed by atoms with van der Waals surface area (Å²) in [7, 11) is 0. The van der Waals surface area contributed by atoms with Gasteiger partial charge < -0.3 is 15.1 Å². The minimum Gasteiger partial charge on any atom is -0.588 e. The van der Waals surface area contributed by atoms with Crippen molar-refractivity contribution in [2.75, 3.05) is 6.61 Å². The predicted octanol–water partition coefficient (Wildman–Crippen LogP) is 0.302. The van der Waals surface area contributed by atoms with Gasteiger partial charge >= 0.3 is 5.97 Å². The van der Waals surface area contributed by atoms with Crippen LogP contribution in [0.2, 0.25) is 0 Å². The summed E-state index contributed by atoms with van der Waals surface area (Å²) < 4.78 is 8.59. The van der Waals surface area contributed by atoms with Gasteiger partial charge in [-0.2, -0.15) is 0 Å². The van der Waals surface area contributed by atoms with E-state index >= 15 is 0 Å². The van der Waals surface area contributed by atoms with Crippen molar-refractivity contribution in [2.45, 2.75) is 45.6 Å². The lowest BCUT2D eigenvalue weighted by Gasteiger charge is -2.05. The number of unbranched alkanes of at least 4 members (excludes halogenated alkanes) is 1. The van der Waals surface area contributed by atoms with Gasteiger partial charge in [0.2, 0.25) is 0 Å². The lowest BCUT2D eigenvalue weighted by atomic mass is 10.1. The number of aliphatic hydroxyl groups is 1. The zero-order chi connectivity index (χ0) is 10.1. The van der Waals surface area contributed by atoms with Crippen molar-refractivity contribution >= 4 is 5.97 Å². The minimum atomic E-state index is -0.532. The van der Waals surface area contributed by atoms with Gasteiger partial charge in [0.1, 0.15) is 6.42 Å². The third-order valence-corrected chi connectivity index (χ3v) is 1.69. The zero-order valence-corrected chi connectivity index (χ0v) is 8.28. The van der Waals surface area contributed by atoms with Gasteiger partial charge in [-0.1, -0.05) is 19.8 Å². The Morgan fingerprint density at radius 3 is 2.69 bits per heavy atom. The van der Waals surface area contributed by atoms with Gasteiger partial charge in [-0.25, -0.2) is 0 Å². The number of ether oxygens (including phenoxy) is 1. The molecule has 0 aliphatic rings. The zero-order valence-electron chi connectivity index (χ0n) is 8.28. The monoisotopic (exact) mass is 190 g/mol. The summed E-state index contributed by atoms with van der Waals surface area (Å²) in [6, 6.07) is 0. The predicted molar refractivity (Wildman–Crippen MR) is 46.8 cm³/mol. The summed E-state index contributed by atoms with van der Waals surface area (Å²) in [5.41, 5.74) is 0. The summed E-state index contributed by atoms with van der Waals surface area (Å²) in [6.07, 6.45) is 2.29. The van der Waals surface area contributed by atoms with Crippen LogP contribution in [-0.4, -0.2) is 23.8 Å². The second-order valence-corrected chi connectivity index (χ2v) is 2.89. The molecule has 4 heteroatoms. The van der Waals surface area contributed by atoms with Crippen LogP contribution in [0.5, 0.6) is 0 Å². The number of rotatable bonds is 6. The summed E-state index contributed by atoms with van der Waals surface area (Å²) in [4.78, 5) is 0. The lowest BCUT2D eigenvalue weighted by molar-refractivity contribution is -1.05. The maximum Gasteiger partial charge on any atom is 0.499 e. The van der Waals surface area contributed by atoms with E-state index < -0.39 is 6.10 Å². The van der Waals surface area contributed by atoms with Crippen LogP contribution in [0.25, 0.3) is 0 Å². The Morgan fingerprint density at radius 2 is 2.23 bits per heavy atom.